The number of para-hydroxylation sites is 1. The van der Waals surface area contributed by atoms with E-state index in [0.717, 1.165) is 11.8 Å². The van der Waals surface area contributed by atoms with Crippen molar-refractivity contribution >= 4 is 33.0 Å². The standard InChI is InChI=1S/C15H14ClNO3S/c1-21(19,20)14-5-3-2-4-13(14)17-15(18)12-8-6-11(10-16)7-9-12/h2-9H,10H2,1H3,(H,17,18). The van der Waals surface area contributed by atoms with Crippen molar-refractivity contribution < 1.29 is 13.2 Å². The van der Waals surface area contributed by atoms with Crippen molar-refractivity contribution in [3.05, 3.63) is 59.7 Å². The Morgan fingerprint density at radius 3 is 2.29 bits per heavy atom. The van der Waals surface area contributed by atoms with E-state index in [4.69, 9.17) is 11.6 Å². The molecule has 4 nitrogen and oxygen atoms in total. The minimum absolute atomic E-state index is 0.0933. The number of hydrogen-bond donors (Lipinski definition) is 1. The van der Waals surface area contributed by atoms with Gasteiger partial charge in [-0.25, -0.2) is 8.42 Å². The van der Waals surface area contributed by atoms with Gasteiger partial charge < -0.3 is 5.32 Å². The molecule has 2 rings (SSSR count). The molecule has 0 fully saturated rings. The van der Waals surface area contributed by atoms with E-state index in [1.165, 1.54) is 6.07 Å². The maximum Gasteiger partial charge on any atom is 0.255 e. The molecule has 6 heteroatoms. The van der Waals surface area contributed by atoms with Crippen molar-refractivity contribution in [1.29, 1.82) is 0 Å². The summed E-state index contributed by atoms with van der Waals surface area (Å²) in [6.07, 6.45) is 1.10. The number of sulfone groups is 1. The maximum atomic E-state index is 12.2. The van der Waals surface area contributed by atoms with Crippen LogP contribution in [0.2, 0.25) is 0 Å². The highest BCUT2D eigenvalue weighted by Crippen LogP contribution is 2.21. The Hall–Kier alpha value is -1.85. The molecule has 2 aromatic rings. The van der Waals surface area contributed by atoms with E-state index in [1.807, 2.05) is 0 Å². The van der Waals surface area contributed by atoms with Crippen LogP contribution in [0.15, 0.2) is 53.4 Å². The summed E-state index contributed by atoms with van der Waals surface area (Å²) in [6.45, 7) is 0. The predicted molar refractivity (Wildman–Crippen MR) is 83.5 cm³/mol. The molecule has 0 aliphatic carbocycles. The summed E-state index contributed by atoms with van der Waals surface area (Å²) in [7, 11) is -3.40. The lowest BCUT2D eigenvalue weighted by atomic mass is 10.1. The molecular weight excluding hydrogens is 310 g/mol. The molecule has 1 N–H and O–H groups in total. The van der Waals surface area contributed by atoms with E-state index in [-0.39, 0.29) is 16.5 Å². The van der Waals surface area contributed by atoms with Crippen molar-refractivity contribution in [2.45, 2.75) is 10.8 Å². The molecule has 0 radical (unpaired) electrons. The van der Waals surface area contributed by atoms with Gasteiger partial charge in [0.25, 0.3) is 5.91 Å². The van der Waals surface area contributed by atoms with E-state index in [2.05, 4.69) is 5.32 Å². The first-order chi connectivity index (χ1) is 9.91. The second-order valence-electron chi connectivity index (χ2n) is 4.55. The van der Waals surface area contributed by atoms with Crippen LogP contribution in [0.25, 0.3) is 0 Å². The fourth-order valence-corrected chi connectivity index (χ4v) is 2.86. The fourth-order valence-electron chi connectivity index (χ4n) is 1.83. The average Bonchev–Trinajstić information content (AvgIpc) is 2.47. The van der Waals surface area contributed by atoms with Gasteiger partial charge in [-0.05, 0) is 29.8 Å². The first kappa shape index (κ1) is 15.5. The number of amides is 1. The third kappa shape index (κ3) is 3.83. The lowest BCUT2D eigenvalue weighted by Gasteiger charge is -2.09. The van der Waals surface area contributed by atoms with Gasteiger partial charge in [0.05, 0.1) is 10.6 Å². The van der Waals surface area contributed by atoms with E-state index in [0.29, 0.717) is 11.4 Å². The summed E-state index contributed by atoms with van der Waals surface area (Å²) in [5.41, 5.74) is 1.61. The van der Waals surface area contributed by atoms with Gasteiger partial charge in [0.15, 0.2) is 9.84 Å². The summed E-state index contributed by atoms with van der Waals surface area (Å²) in [6, 6.07) is 13.1. The van der Waals surface area contributed by atoms with Crippen LogP contribution in [-0.2, 0) is 15.7 Å². The van der Waals surface area contributed by atoms with Gasteiger partial charge in [0.1, 0.15) is 0 Å². The second kappa shape index (κ2) is 6.28. The Morgan fingerprint density at radius 2 is 1.71 bits per heavy atom. The zero-order chi connectivity index (χ0) is 15.5. The second-order valence-corrected chi connectivity index (χ2v) is 6.80. The van der Waals surface area contributed by atoms with Crippen LogP contribution in [-0.4, -0.2) is 20.6 Å². The zero-order valence-corrected chi connectivity index (χ0v) is 12.9. The number of rotatable bonds is 4. The molecule has 0 aromatic heterocycles. The molecule has 0 aliphatic rings. The third-order valence-electron chi connectivity index (χ3n) is 2.91. The Bertz CT molecular complexity index is 755. The Morgan fingerprint density at radius 1 is 1.10 bits per heavy atom. The molecule has 0 unspecified atom stereocenters. The summed E-state index contributed by atoms with van der Waals surface area (Å²) in [5.74, 6) is 0.00551. The van der Waals surface area contributed by atoms with Crippen molar-refractivity contribution in [2.75, 3.05) is 11.6 Å². The van der Waals surface area contributed by atoms with Gasteiger partial charge in [-0.3, -0.25) is 4.79 Å². The number of nitrogens with one attached hydrogen (secondary N) is 1. The van der Waals surface area contributed by atoms with Gasteiger partial charge in [0.2, 0.25) is 0 Å². The first-order valence-electron chi connectivity index (χ1n) is 6.17. The SMILES string of the molecule is CS(=O)(=O)c1ccccc1NC(=O)c1ccc(CCl)cc1. The number of halogens is 1. The van der Waals surface area contributed by atoms with Gasteiger partial charge in [-0.15, -0.1) is 11.6 Å². The van der Waals surface area contributed by atoms with Crippen LogP contribution in [0.4, 0.5) is 5.69 Å². The molecule has 0 saturated carbocycles. The number of benzene rings is 2. The zero-order valence-electron chi connectivity index (χ0n) is 11.3. The van der Waals surface area contributed by atoms with Crippen molar-refractivity contribution in [3.63, 3.8) is 0 Å². The van der Waals surface area contributed by atoms with Gasteiger partial charge in [-0.2, -0.15) is 0 Å². The van der Waals surface area contributed by atoms with Gasteiger partial charge in [0, 0.05) is 17.7 Å². The summed E-state index contributed by atoms with van der Waals surface area (Å²) in [4.78, 5) is 12.2. The van der Waals surface area contributed by atoms with Crippen molar-refractivity contribution in [3.8, 4) is 0 Å². The first-order valence-corrected chi connectivity index (χ1v) is 8.60. The quantitative estimate of drug-likeness (QED) is 0.879. The van der Waals surface area contributed by atoms with E-state index in [1.54, 1.807) is 42.5 Å². The number of anilines is 1. The van der Waals surface area contributed by atoms with Crippen LogP contribution < -0.4 is 5.32 Å². The monoisotopic (exact) mass is 323 g/mol. The van der Waals surface area contributed by atoms with E-state index in [9.17, 15) is 13.2 Å². The van der Waals surface area contributed by atoms with E-state index >= 15 is 0 Å². The number of hydrogen-bond acceptors (Lipinski definition) is 3. The topological polar surface area (TPSA) is 63.2 Å². The largest absolute Gasteiger partial charge is 0.321 e. The predicted octanol–water partition coefficient (Wildman–Crippen LogP) is 3.08. The van der Waals surface area contributed by atoms with Crippen LogP contribution >= 0.6 is 11.6 Å². The lowest BCUT2D eigenvalue weighted by Crippen LogP contribution is -2.14. The summed E-state index contributed by atoms with van der Waals surface area (Å²) in [5, 5.41) is 2.62. The highest BCUT2D eigenvalue weighted by Gasteiger charge is 2.15. The Labute approximate surface area is 128 Å². The average molecular weight is 324 g/mol. The molecule has 0 saturated heterocycles. The molecule has 0 heterocycles. The molecule has 2 aromatic carbocycles. The maximum absolute atomic E-state index is 12.2. The number of alkyl halides is 1. The Kier molecular flexibility index (Phi) is 4.65. The molecule has 110 valence electrons. The molecular formula is C15H14ClNO3S. The van der Waals surface area contributed by atoms with Crippen LogP contribution in [0.1, 0.15) is 15.9 Å². The van der Waals surface area contributed by atoms with Gasteiger partial charge >= 0.3 is 0 Å². The fraction of sp³-hybridized carbons (Fsp3) is 0.133. The smallest absolute Gasteiger partial charge is 0.255 e. The molecule has 0 spiro atoms. The molecule has 0 bridgehead atoms. The number of carbonyl (C=O) groups is 1. The highest BCUT2D eigenvalue weighted by molar-refractivity contribution is 7.90. The summed E-state index contributed by atoms with van der Waals surface area (Å²) < 4.78 is 23.4. The van der Waals surface area contributed by atoms with E-state index < -0.39 is 9.84 Å². The lowest BCUT2D eigenvalue weighted by molar-refractivity contribution is 0.102. The normalized spacial score (nSPS) is 11.1. The molecule has 0 aliphatic heterocycles. The minimum atomic E-state index is -3.40. The van der Waals surface area contributed by atoms with Crippen LogP contribution in [0, 0.1) is 0 Å². The number of carbonyl (C=O) groups excluding carboxylic acids is 1. The molecule has 0 atom stereocenters. The van der Waals surface area contributed by atoms with Crippen molar-refractivity contribution in [2.24, 2.45) is 0 Å². The highest BCUT2D eigenvalue weighted by atomic mass is 35.5. The van der Waals surface area contributed by atoms with Crippen LogP contribution in [0.3, 0.4) is 0 Å². The minimum Gasteiger partial charge on any atom is -0.321 e. The molecule has 21 heavy (non-hydrogen) atoms. The van der Waals surface area contributed by atoms with Gasteiger partial charge in [-0.1, -0.05) is 24.3 Å². The van der Waals surface area contributed by atoms with Crippen LogP contribution in [0.5, 0.6) is 0 Å². The third-order valence-corrected chi connectivity index (χ3v) is 4.37. The summed E-state index contributed by atoms with van der Waals surface area (Å²) >= 11 is 5.69. The van der Waals surface area contributed by atoms with Crippen molar-refractivity contribution in [1.82, 2.24) is 0 Å². The molecule has 1 amide bonds. The Balaban J connectivity index is 2.27.